The summed E-state index contributed by atoms with van der Waals surface area (Å²) in [5.74, 6) is -0.558. The summed E-state index contributed by atoms with van der Waals surface area (Å²) in [6.07, 6.45) is 7.62. The lowest BCUT2D eigenvalue weighted by Crippen LogP contribution is -2.48. The number of carbonyl (C=O) groups is 2. The third-order valence-corrected chi connectivity index (χ3v) is 10.7. The zero-order chi connectivity index (χ0) is 32.4. The molecule has 2 N–H and O–H groups in total. The van der Waals surface area contributed by atoms with Gasteiger partial charge in [0.1, 0.15) is 5.75 Å². The van der Waals surface area contributed by atoms with Crippen molar-refractivity contribution in [2.24, 2.45) is 23.7 Å². The first kappa shape index (κ1) is 32.7. The molecule has 244 valence electrons. The Kier molecular flexibility index (Phi) is 10.2. The molecule has 3 aliphatic heterocycles. The number of nitrogens with zero attached hydrogens (tertiary/aromatic N) is 2. The summed E-state index contributed by atoms with van der Waals surface area (Å²) in [6, 6.07) is 17.8. The van der Waals surface area contributed by atoms with Crippen LogP contribution in [0.1, 0.15) is 76.8 Å². The molecule has 0 radical (unpaired) electrons. The number of para-hydroxylation sites is 1. The number of hydrogen-bond acceptors (Lipinski definition) is 6. The van der Waals surface area contributed by atoms with Crippen LogP contribution < -0.4 is 0 Å². The monoisotopic (exact) mass is 624 g/mol. The molecule has 0 saturated carbocycles. The molecule has 0 unspecified atom stereocenters. The molecule has 2 aromatic carbocycles. The molecule has 3 saturated heterocycles. The van der Waals surface area contributed by atoms with Gasteiger partial charge in [-0.05, 0) is 73.9 Å². The van der Waals surface area contributed by atoms with Crippen LogP contribution in [0.15, 0.2) is 71.3 Å². The van der Waals surface area contributed by atoms with E-state index in [1.165, 1.54) is 16.7 Å². The topological polar surface area (TPSA) is 90.3 Å². The summed E-state index contributed by atoms with van der Waals surface area (Å²) in [7, 11) is -0.971. The number of allylic oxidation sites excluding steroid dienone is 2. The average Bonchev–Trinajstić information content (AvgIpc) is 3.30. The second-order valence-corrected chi connectivity index (χ2v) is 14.1. The fourth-order valence-corrected chi connectivity index (χ4v) is 8.55. The number of phenolic OH excluding ortho intramolecular Hbond substituents is 1. The van der Waals surface area contributed by atoms with Crippen molar-refractivity contribution in [2.75, 3.05) is 13.1 Å². The molecular formula is C38H49BN2O5. The fraction of sp³-hybridized carbons (Fsp3) is 0.526. The van der Waals surface area contributed by atoms with Crippen molar-refractivity contribution >= 4 is 25.0 Å². The van der Waals surface area contributed by atoms with Crippen molar-refractivity contribution in [1.29, 1.82) is 0 Å². The standard InChI is InChI=1S/C38H49BN2O5/c1-4-10-26(21-28-13-8-9-14-33(28)42)15-16-34-35-30(25(2)3)22-31-36(32(35)23-39(45)46-34)38(44)41(37(31)43)29-17-19-40(20-18-29)24-27-11-6-5-7-12-27/h5-9,11-14,21,25,29,31-32,34,36,42,45H,4,10,15-20,22-24H2,1-3H3/b26-21+/t31-,32+,34-,36-/m1/s1. The Labute approximate surface area is 274 Å². The molecule has 46 heavy (non-hydrogen) atoms. The molecule has 3 fully saturated rings. The average molecular weight is 625 g/mol. The summed E-state index contributed by atoms with van der Waals surface area (Å²) < 4.78 is 6.26. The maximum atomic E-state index is 14.3. The molecule has 4 atom stereocenters. The Morgan fingerprint density at radius 3 is 2.41 bits per heavy atom. The van der Waals surface area contributed by atoms with Crippen LogP contribution in [0.2, 0.25) is 6.32 Å². The van der Waals surface area contributed by atoms with Crippen molar-refractivity contribution in [3.05, 3.63) is 82.4 Å². The van der Waals surface area contributed by atoms with E-state index in [0.717, 1.165) is 62.9 Å². The predicted molar refractivity (Wildman–Crippen MR) is 181 cm³/mol. The number of likely N-dealkylation sites (tertiary alicyclic amines) is 2. The number of hydrogen-bond donors (Lipinski definition) is 2. The van der Waals surface area contributed by atoms with Crippen molar-refractivity contribution < 1.29 is 24.4 Å². The summed E-state index contributed by atoms with van der Waals surface area (Å²) in [6.45, 7) is 9.10. The molecule has 0 bridgehead atoms. The van der Waals surface area contributed by atoms with Gasteiger partial charge in [-0.1, -0.05) is 92.9 Å². The van der Waals surface area contributed by atoms with Gasteiger partial charge in [-0.25, -0.2) is 0 Å². The molecule has 1 aliphatic carbocycles. The van der Waals surface area contributed by atoms with E-state index in [4.69, 9.17) is 4.65 Å². The Morgan fingerprint density at radius 2 is 1.72 bits per heavy atom. The second kappa shape index (κ2) is 14.3. The SMILES string of the molecule is CCC/C(=C\c1ccccc1O)CC[C@H]1OB(O)C[C@H]2C1=C(C(C)C)C[C@H]1C(=O)N(C3CCN(Cc4ccccc4)CC3)C(=O)[C@H]12. The number of piperidine rings is 1. The molecule has 3 heterocycles. The highest BCUT2D eigenvalue weighted by atomic mass is 16.5. The molecule has 2 aromatic rings. The highest BCUT2D eigenvalue weighted by Crippen LogP contribution is 2.52. The largest absolute Gasteiger partial charge is 0.507 e. The first-order valence-corrected chi connectivity index (χ1v) is 17.4. The van der Waals surface area contributed by atoms with Gasteiger partial charge in [0.05, 0.1) is 17.9 Å². The van der Waals surface area contributed by atoms with Crippen LogP contribution in [-0.2, 0) is 20.8 Å². The Morgan fingerprint density at radius 1 is 1.00 bits per heavy atom. The zero-order valence-electron chi connectivity index (χ0n) is 27.6. The molecule has 4 aliphatic rings. The number of amides is 2. The van der Waals surface area contributed by atoms with E-state index >= 15 is 0 Å². The van der Waals surface area contributed by atoms with Gasteiger partial charge in [-0.15, -0.1) is 0 Å². The maximum Gasteiger partial charge on any atom is 0.455 e. The summed E-state index contributed by atoms with van der Waals surface area (Å²) >= 11 is 0. The minimum absolute atomic E-state index is 0.0120. The van der Waals surface area contributed by atoms with E-state index < -0.39 is 13.0 Å². The highest BCUT2D eigenvalue weighted by molar-refractivity contribution is 6.43. The number of carbonyl (C=O) groups excluding carboxylic acids is 2. The van der Waals surface area contributed by atoms with E-state index in [1.54, 1.807) is 11.0 Å². The van der Waals surface area contributed by atoms with E-state index in [0.29, 0.717) is 19.2 Å². The third-order valence-electron chi connectivity index (χ3n) is 10.7. The number of rotatable bonds is 10. The number of phenols is 1. The van der Waals surface area contributed by atoms with Gasteiger partial charge in [0, 0.05) is 31.2 Å². The smallest absolute Gasteiger partial charge is 0.455 e. The lowest BCUT2D eigenvalue weighted by molar-refractivity contribution is -0.144. The Hall–Kier alpha value is -3.20. The van der Waals surface area contributed by atoms with E-state index in [2.05, 4.69) is 56.0 Å². The summed E-state index contributed by atoms with van der Waals surface area (Å²) in [5, 5.41) is 21.4. The molecule has 2 amide bonds. The van der Waals surface area contributed by atoms with Crippen LogP contribution in [0.4, 0.5) is 0 Å². The lowest BCUT2D eigenvalue weighted by Gasteiger charge is -2.44. The molecule has 8 heteroatoms. The van der Waals surface area contributed by atoms with Crippen molar-refractivity contribution in [2.45, 2.75) is 90.7 Å². The Bertz CT molecular complexity index is 1460. The fourth-order valence-electron chi connectivity index (χ4n) is 8.55. The predicted octanol–water partition coefficient (Wildman–Crippen LogP) is 6.47. The third kappa shape index (κ3) is 6.76. The first-order chi connectivity index (χ1) is 22.2. The van der Waals surface area contributed by atoms with Gasteiger partial charge in [0.15, 0.2) is 0 Å². The minimum atomic E-state index is -0.971. The molecule has 0 aromatic heterocycles. The van der Waals surface area contributed by atoms with Crippen molar-refractivity contribution in [1.82, 2.24) is 9.80 Å². The Balaban J connectivity index is 1.20. The van der Waals surface area contributed by atoms with Crippen LogP contribution in [0, 0.1) is 23.7 Å². The van der Waals surface area contributed by atoms with Crippen LogP contribution in [-0.4, -0.2) is 64.1 Å². The lowest BCUT2D eigenvalue weighted by atomic mass is 9.57. The number of aromatic hydroxyl groups is 1. The van der Waals surface area contributed by atoms with Gasteiger partial charge in [-0.2, -0.15) is 0 Å². The summed E-state index contributed by atoms with van der Waals surface area (Å²) in [4.78, 5) is 32.4. The minimum Gasteiger partial charge on any atom is -0.507 e. The number of benzene rings is 2. The number of fused-ring (bicyclic) bond motifs is 3. The van der Waals surface area contributed by atoms with Crippen LogP contribution in [0.3, 0.4) is 0 Å². The zero-order valence-corrected chi connectivity index (χ0v) is 27.6. The van der Waals surface area contributed by atoms with E-state index in [9.17, 15) is 19.7 Å². The first-order valence-electron chi connectivity index (χ1n) is 17.4. The van der Waals surface area contributed by atoms with Crippen LogP contribution in [0.5, 0.6) is 5.75 Å². The molecule has 7 nitrogen and oxygen atoms in total. The van der Waals surface area contributed by atoms with Crippen LogP contribution in [0.25, 0.3) is 6.08 Å². The van der Waals surface area contributed by atoms with Crippen molar-refractivity contribution in [3.63, 3.8) is 0 Å². The van der Waals surface area contributed by atoms with Gasteiger partial charge >= 0.3 is 7.12 Å². The normalized spacial score (nSPS) is 26.2. The van der Waals surface area contributed by atoms with E-state index in [-0.39, 0.29) is 47.5 Å². The van der Waals surface area contributed by atoms with Crippen LogP contribution >= 0.6 is 0 Å². The van der Waals surface area contributed by atoms with Gasteiger partial charge in [-0.3, -0.25) is 19.4 Å². The van der Waals surface area contributed by atoms with Gasteiger partial charge in [0.2, 0.25) is 11.8 Å². The number of imide groups is 1. The van der Waals surface area contributed by atoms with Gasteiger partial charge in [0.25, 0.3) is 0 Å². The molecule has 0 spiro atoms. The highest BCUT2D eigenvalue weighted by Gasteiger charge is 2.58. The quantitative estimate of drug-likeness (QED) is 0.179. The molecule has 6 rings (SSSR count). The maximum absolute atomic E-state index is 14.3. The van der Waals surface area contributed by atoms with Crippen molar-refractivity contribution in [3.8, 4) is 5.75 Å². The summed E-state index contributed by atoms with van der Waals surface area (Å²) in [5.41, 5.74) is 5.69. The molecular weight excluding hydrogens is 575 g/mol. The van der Waals surface area contributed by atoms with Gasteiger partial charge < -0.3 is 14.8 Å². The second-order valence-electron chi connectivity index (χ2n) is 14.1. The van der Waals surface area contributed by atoms with E-state index in [1.807, 2.05) is 24.3 Å².